The summed E-state index contributed by atoms with van der Waals surface area (Å²) in [7, 11) is 0. The lowest BCUT2D eigenvalue weighted by Gasteiger charge is -2.41. The van der Waals surface area contributed by atoms with Crippen molar-refractivity contribution in [2.75, 3.05) is 4.90 Å². The fourth-order valence-electron chi connectivity index (χ4n) is 9.36. The number of fused-ring (bicyclic) bond motifs is 8. The normalized spacial score (nSPS) is 12.6. The lowest BCUT2D eigenvalue weighted by atomic mass is 9.48. The van der Waals surface area contributed by atoms with Gasteiger partial charge >= 0.3 is 6.92 Å². The van der Waals surface area contributed by atoms with E-state index in [4.69, 9.17) is 4.65 Å². The molecule has 0 bridgehead atoms. The molecule has 0 atom stereocenters. The Kier molecular flexibility index (Phi) is 7.33. The van der Waals surface area contributed by atoms with Crippen molar-refractivity contribution in [1.29, 1.82) is 0 Å². The summed E-state index contributed by atoms with van der Waals surface area (Å²) in [6.07, 6.45) is 2.23. The molecule has 0 amide bonds. The molecule has 0 N–H and O–H groups in total. The van der Waals surface area contributed by atoms with E-state index in [0.29, 0.717) is 0 Å². The van der Waals surface area contributed by atoms with E-state index in [9.17, 15) is 0 Å². The third-order valence-electron chi connectivity index (χ3n) is 12.0. The van der Waals surface area contributed by atoms with Crippen LogP contribution in [0.2, 0.25) is 0 Å². The Morgan fingerprint density at radius 3 is 1.71 bits per heavy atom. The number of nitrogens with zero attached hydrogens (tertiary/aromatic N) is 2. The molecule has 10 aromatic rings. The van der Waals surface area contributed by atoms with Crippen LogP contribution in [0.4, 0.5) is 17.1 Å². The lowest BCUT2D eigenvalue weighted by Crippen LogP contribution is -2.56. The number of rotatable bonds is 5. The van der Waals surface area contributed by atoms with Gasteiger partial charge in [-0.3, -0.25) is 0 Å². The molecule has 3 nitrogen and oxygen atoms in total. The van der Waals surface area contributed by atoms with E-state index in [-0.39, 0.29) is 6.92 Å². The highest BCUT2D eigenvalue weighted by Gasteiger charge is 2.44. The number of benzene rings is 9. The average molecular weight is 739 g/mol. The zero-order valence-electron chi connectivity index (χ0n) is 31.6. The Morgan fingerprint density at radius 1 is 0.397 bits per heavy atom. The van der Waals surface area contributed by atoms with E-state index in [1.165, 1.54) is 49.3 Å². The van der Waals surface area contributed by atoms with Crippen LogP contribution in [0.25, 0.3) is 71.9 Å². The molecule has 4 heteroatoms. The molecule has 0 saturated heterocycles. The van der Waals surface area contributed by atoms with Crippen LogP contribution in [0.3, 0.4) is 0 Å². The first-order valence-electron chi connectivity index (χ1n) is 19.9. The Hall–Kier alpha value is -7.56. The van der Waals surface area contributed by atoms with Gasteiger partial charge in [0.25, 0.3) is 0 Å². The summed E-state index contributed by atoms with van der Waals surface area (Å²) in [5.74, 6) is 0.896. The maximum absolute atomic E-state index is 7.34. The molecule has 0 spiro atoms. The van der Waals surface area contributed by atoms with Crippen molar-refractivity contribution in [3.63, 3.8) is 0 Å². The van der Waals surface area contributed by atoms with Crippen LogP contribution in [0.5, 0.6) is 5.75 Å². The molecule has 2 aliphatic rings. The van der Waals surface area contributed by atoms with Crippen molar-refractivity contribution in [3.05, 3.63) is 212 Å². The third kappa shape index (κ3) is 5.08. The van der Waals surface area contributed by atoms with Gasteiger partial charge in [-0.15, -0.1) is 0 Å². The van der Waals surface area contributed by atoms with E-state index in [0.717, 1.165) is 56.3 Å². The lowest BCUT2D eigenvalue weighted by molar-refractivity contribution is 0.590. The molecule has 9 aromatic carbocycles. The summed E-state index contributed by atoms with van der Waals surface area (Å²) in [6, 6.07) is 74.6. The first-order chi connectivity index (χ1) is 28.8. The van der Waals surface area contributed by atoms with Gasteiger partial charge < -0.3 is 14.1 Å². The van der Waals surface area contributed by atoms with Crippen LogP contribution in [0, 0.1) is 0 Å². The van der Waals surface area contributed by atoms with E-state index in [2.05, 4.69) is 222 Å². The molecule has 58 heavy (non-hydrogen) atoms. The maximum Gasteiger partial charge on any atom is 0.432 e. The number of anilines is 3. The fourth-order valence-corrected chi connectivity index (χ4v) is 9.36. The molecule has 2 aliphatic heterocycles. The first kappa shape index (κ1) is 32.7. The smallest absolute Gasteiger partial charge is 0.432 e. The van der Waals surface area contributed by atoms with Crippen LogP contribution in [-0.4, -0.2) is 11.5 Å². The highest BCUT2D eigenvalue weighted by Crippen LogP contribution is 2.49. The van der Waals surface area contributed by atoms with Crippen LogP contribution < -0.4 is 20.5 Å². The Labute approximate surface area is 337 Å². The Bertz CT molecular complexity index is 3140. The minimum atomic E-state index is -0.326. The molecule has 0 radical (unpaired) electrons. The van der Waals surface area contributed by atoms with Gasteiger partial charge in [-0.2, -0.15) is 0 Å². The SMILES string of the molecule is c1ccc(-c2cc(-c3ccccc3)cc(N3c4cc5c(ccn5-c5ccccc5)c5c4B(Oc4ccc(-c6ccccc6)cc4-5)c4c3ccc3ccccc43)c2)cc1. The monoisotopic (exact) mass is 738 g/mol. The zero-order valence-corrected chi connectivity index (χ0v) is 31.6. The van der Waals surface area contributed by atoms with Crippen molar-refractivity contribution in [1.82, 2.24) is 4.57 Å². The number of para-hydroxylation sites is 1. The second-order valence-corrected chi connectivity index (χ2v) is 15.3. The molecular formula is C54H35BN2O. The van der Waals surface area contributed by atoms with Gasteiger partial charge in [0.2, 0.25) is 0 Å². The summed E-state index contributed by atoms with van der Waals surface area (Å²) in [5, 5.41) is 3.59. The van der Waals surface area contributed by atoms with Crippen LogP contribution in [-0.2, 0) is 0 Å². The van der Waals surface area contributed by atoms with Gasteiger partial charge in [0.05, 0.1) is 5.52 Å². The summed E-state index contributed by atoms with van der Waals surface area (Å²) in [4.78, 5) is 2.51. The molecule has 0 fully saturated rings. The average Bonchev–Trinajstić information content (AvgIpc) is 3.73. The van der Waals surface area contributed by atoms with Gasteiger partial charge in [-0.1, -0.05) is 146 Å². The van der Waals surface area contributed by atoms with E-state index in [1.54, 1.807) is 0 Å². The first-order valence-corrected chi connectivity index (χ1v) is 19.9. The standard InChI is InChI=1S/C54H35BN2O/c1-5-15-36(16-6-1)40-26-28-51-47(34-40)52-46-29-30-56(43-22-11-4-12-23-43)49(46)35-50-54(52)55(58-51)53-45-24-14-13-21-39(45)25-27-48(53)57(50)44-32-41(37-17-7-2-8-18-37)31-42(33-44)38-19-9-3-10-20-38/h1-35H. The van der Waals surface area contributed by atoms with Gasteiger partial charge in [-0.05, 0) is 110 Å². The van der Waals surface area contributed by atoms with Crippen molar-refractivity contribution in [2.45, 2.75) is 0 Å². The van der Waals surface area contributed by atoms with E-state index >= 15 is 0 Å². The summed E-state index contributed by atoms with van der Waals surface area (Å²) in [6.45, 7) is -0.326. The summed E-state index contributed by atoms with van der Waals surface area (Å²) < 4.78 is 9.68. The number of hydrogen-bond acceptors (Lipinski definition) is 2. The van der Waals surface area contributed by atoms with Gasteiger partial charge in [0, 0.05) is 50.8 Å². The quantitative estimate of drug-likeness (QED) is 0.164. The fraction of sp³-hybridized carbons (Fsp3) is 0. The molecule has 12 rings (SSSR count). The summed E-state index contributed by atoms with van der Waals surface area (Å²) in [5.41, 5.74) is 17.3. The van der Waals surface area contributed by atoms with Gasteiger partial charge in [-0.25, -0.2) is 0 Å². The molecule has 3 heterocycles. The van der Waals surface area contributed by atoms with Crippen molar-refractivity contribution in [3.8, 4) is 55.9 Å². The van der Waals surface area contributed by atoms with Crippen LogP contribution in [0.1, 0.15) is 0 Å². The number of hydrogen-bond donors (Lipinski definition) is 0. The van der Waals surface area contributed by atoms with Gasteiger partial charge in [0.1, 0.15) is 5.75 Å². The predicted molar refractivity (Wildman–Crippen MR) is 243 cm³/mol. The molecule has 1 aromatic heterocycles. The molecule has 0 aliphatic carbocycles. The molecular weight excluding hydrogens is 703 g/mol. The zero-order chi connectivity index (χ0) is 38.2. The maximum atomic E-state index is 7.34. The predicted octanol–water partition coefficient (Wildman–Crippen LogP) is 12.7. The second-order valence-electron chi connectivity index (χ2n) is 15.3. The second kappa shape index (κ2) is 13.0. The van der Waals surface area contributed by atoms with Gasteiger partial charge in [0.15, 0.2) is 0 Å². The molecule has 270 valence electrons. The number of aromatic nitrogens is 1. The largest absolute Gasteiger partial charge is 0.551 e. The van der Waals surface area contributed by atoms with Crippen molar-refractivity contribution in [2.24, 2.45) is 0 Å². The minimum Gasteiger partial charge on any atom is -0.551 e. The van der Waals surface area contributed by atoms with Crippen molar-refractivity contribution >= 4 is 56.6 Å². The minimum absolute atomic E-state index is 0.326. The van der Waals surface area contributed by atoms with E-state index in [1.807, 2.05) is 0 Å². The summed E-state index contributed by atoms with van der Waals surface area (Å²) >= 11 is 0. The van der Waals surface area contributed by atoms with E-state index < -0.39 is 0 Å². The molecule has 0 unspecified atom stereocenters. The highest BCUT2D eigenvalue weighted by molar-refractivity contribution is 6.87. The van der Waals surface area contributed by atoms with Crippen LogP contribution >= 0.6 is 0 Å². The Morgan fingerprint density at radius 2 is 1.02 bits per heavy atom. The van der Waals surface area contributed by atoms with Crippen molar-refractivity contribution < 1.29 is 4.65 Å². The van der Waals surface area contributed by atoms with Crippen LogP contribution in [0.15, 0.2) is 212 Å². The topological polar surface area (TPSA) is 17.4 Å². The Balaban J connectivity index is 1.21. The third-order valence-corrected chi connectivity index (χ3v) is 12.0. The highest BCUT2D eigenvalue weighted by atomic mass is 16.4. The molecule has 0 saturated carbocycles.